The predicted octanol–water partition coefficient (Wildman–Crippen LogP) is 1.89. The van der Waals surface area contributed by atoms with Crippen LogP contribution in [0.2, 0.25) is 0 Å². The maximum Gasteiger partial charge on any atom is 0.165 e. The summed E-state index contributed by atoms with van der Waals surface area (Å²) in [5, 5.41) is 10.5. The Kier molecular flexibility index (Phi) is 4.62. The quantitative estimate of drug-likeness (QED) is 0.570. The molecule has 28 heavy (non-hydrogen) atoms. The van der Waals surface area contributed by atoms with Crippen molar-refractivity contribution in [2.24, 2.45) is 5.92 Å². The van der Waals surface area contributed by atoms with Gasteiger partial charge in [-0.05, 0) is 38.1 Å². The van der Waals surface area contributed by atoms with Crippen molar-refractivity contribution >= 4 is 0 Å². The number of phenols is 1. The molecule has 1 aromatic carbocycles. The van der Waals surface area contributed by atoms with Gasteiger partial charge in [0.1, 0.15) is 12.2 Å². The van der Waals surface area contributed by atoms with E-state index in [1.807, 2.05) is 0 Å². The topological polar surface area (TPSA) is 60.4 Å². The van der Waals surface area contributed by atoms with E-state index in [0.717, 1.165) is 19.4 Å². The Morgan fingerprint density at radius 2 is 2.07 bits per heavy atom. The first-order chi connectivity index (χ1) is 13.7. The van der Waals surface area contributed by atoms with Crippen molar-refractivity contribution in [3.05, 3.63) is 35.4 Å². The Labute approximate surface area is 166 Å². The molecule has 2 heterocycles. The van der Waals surface area contributed by atoms with Crippen LogP contribution in [0.1, 0.15) is 17.5 Å². The maximum atomic E-state index is 10.5. The van der Waals surface area contributed by atoms with Gasteiger partial charge in [0.05, 0.1) is 26.4 Å². The number of rotatable bonds is 7. The average molecular weight is 387 g/mol. The van der Waals surface area contributed by atoms with Crippen molar-refractivity contribution in [1.82, 2.24) is 4.90 Å². The Bertz CT molecular complexity index is 780. The number of phenolic OH excluding ortho intramolecular Hbond substituents is 1. The van der Waals surface area contributed by atoms with Gasteiger partial charge < -0.3 is 29.0 Å². The van der Waals surface area contributed by atoms with Crippen LogP contribution in [0.25, 0.3) is 0 Å². The molecule has 2 unspecified atom stereocenters. The highest BCUT2D eigenvalue weighted by Crippen LogP contribution is 2.62. The van der Waals surface area contributed by atoms with E-state index in [1.165, 1.54) is 11.1 Å². The molecule has 4 aliphatic rings. The zero-order chi connectivity index (χ0) is 19.3. The van der Waals surface area contributed by atoms with Gasteiger partial charge >= 0.3 is 0 Å². The number of likely N-dealkylation sites (tertiary alicyclic amines) is 1. The van der Waals surface area contributed by atoms with Crippen LogP contribution in [0, 0.1) is 5.92 Å². The molecule has 5 atom stereocenters. The highest BCUT2D eigenvalue weighted by molar-refractivity contribution is 5.61. The van der Waals surface area contributed by atoms with Crippen LogP contribution in [-0.2, 0) is 26.0 Å². The van der Waals surface area contributed by atoms with Crippen LogP contribution in [0.15, 0.2) is 24.3 Å². The monoisotopic (exact) mass is 387 g/mol. The lowest BCUT2D eigenvalue weighted by Crippen LogP contribution is -2.65. The first-order valence-corrected chi connectivity index (χ1v) is 10.3. The van der Waals surface area contributed by atoms with Crippen LogP contribution >= 0.6 is 0 Å². The van der Waals surface area contributed by atoms with E-state index in [4.69, 9.17) is 18.9 Å². The minimum atomic E-state index is -0.135. The summed E-state index contributed by atoms with van der Waals surface area (Å²) >= 11 is 0. The lowest BCUT2D eigenvalue weighted by molar-refractivity contribution is -0.0809. The normalized spacial score (nSPS) is 34.9. The number of nitrogens with zero attached hydrogens (tertiary/aromatic N) is 1. The molecule has 6 nitrogen and oxygen atoms in total. The molecule has 5 rings (SSSR count). The van der Waals surface area contributed by atoms with Gasteiger partial charge in [0.2, 0.25) is 0 Å². The first-order valence-electron chi connectivity index (χ1n) is 10.3. The van der Waals surface area contributed by atoms with Gasteiger partial charge in [-0.2, -0.15) is 0 Å². The molecular weight excluding hydrogens is 358 g/mol. The number of methoxy groups -OCH3 is 1. The van der Waals surface area contributed by atoms with Gasteiger partial charge in [-0.1, -0.05) is 18.2 Å². The largest absolute Gasteiger partial charge is 0.504 e. The smallest absolute Gasteiger partial charge is 0.165 e. The number of aromatic hydroxyl groups is 1. The van der Waals surface area contributed by atoms with Crippen molar-refractivity contribution in [3.8, 4) is 11.5 Å². The molecule has 152 valence electrons. The zero-order valence-electron chi connectivity index (χ0n) is 16.6. The summed E-state index contributed by atoms with van der Waals surface area (Å²) in [6.45, 7) is 3.24. The van der Waals surface area contributed by atoms with Crippen LogP contribution in [0.3, 0.4) is 0 Å². The summed E-state index contributed by atoms with van der Waals surface area (Å²) < 4.78 is 23.2. The highest BCUT2D eigenvalue weighted by Gasteiger charge is 2.64. The van der Waals surface area contributed by atoms with Crippen molar-refractivity contribution in [2.45, 2.75) is 36.5 Å². The second-order valence-electron chi connectivity index (χ2n) is 8.38. The molecule has 2 aliphatic carbocycles. The summed E-state index contributed by atoms with van der Waals surface area (Å²) in [6.07, 6.45) is 6.31. The van der Waals surface area contributed by atoms with Gasteiger partial charge in [-0.25, -0.2) is 0 Å². The molecule has 0 aromatic heterocycles. The lowest BCUT2D eigenvalue weighted by atomic mass is 9.53. The van der Waals surface area contributed by atoms with E-state index < -0.39 is 0 Å². The number of ether oxygens (including phenoxy) is 4. The Hall–Kier alpha value is -1.60. The maximum absolute atomic E-state index is 10.5. The molecule has 1 aromatic rings. The van der Waals surface area contributed by atoms with E-state index in [9.17, 15) is 5.11 Å². The molecule has 1 saturated heterocycles. The minimum Gasteiger partial charge on any atom is -0.504 e. The van der Waals surface area contributed by atoms with Crippen molar-refractivity contribution in [1.29, 1.82) is 0 Å². The van der Waals surface area contributed by atoms with E-state index in [0.29, 0.717) is 44.1 Å². The minimum absolute atomic E-state index is 0.0972. The molecule has 1 fully saturated rings. The lowest BCUT2D eigenvalue weighted by Gasteiger charge is -2.56. The Morgan fingerprint density at radius 1 is 1.21 bits per heavy atom. The summed E-state index contributed by atoms with van der Waals surface area (Å²) in [5.74, 6) is 1.33. The number of likely N-dealkylation sites (N-methyl/N-ethyl adjacent to an activating group) is 1. The summed E-state index contributed by atoms with van der Waals surface area (Å²) in [5.41, 5.74) is 2.45. The molecule has 0 saturated carbocycles. The van der Waals surface area contributed by atoms with E-state index in [1.54, 1.807) is 13.2 Å². The molecular formula is C22H29NO5. The molecule has 2 aliphatic heterocycles. The standard InChI is InChI=1S/C22H29NO5/c1-23-8-7-22-15-4-6-18(27-12-11-26-10-9-25-2)21(22)28-20-17(24)5-3-14(19(20)22)13-16(15)23/h3-6,15-16,18,21,24H,7-13H2,1-2H3/t15?,16?,18-,21-,22-/m0/s1. The fraction of sp³-hybridized carbons (Fsp3) is 0.636. The number of benzene rings is 1. The molecule has 1 N–H and O–H groups in total. The summed E-state index contributed by atoms with van der Waals surface area (Å²) in [4.78, 5) is 2.48. The highest BCUT2D eigenvalue weighted by atomic mass is 16.6. The van der Waals surface area contributed by atoms with Crippen molar-refractivity contribution in [3.63, 3.8) is 0 Å². The molecule has 2 bridgehead atoms. The van der Waals surface area contributed by atoms with Crippen LogP contribution < -0.4 is 4.74 Å². The fourth-order valence-electron chi connectivity index (χ4n) is 5.85. The predicted molar refractivity (Wildman–Crippen MR) is 104 cm³/mol. The molecule has 6 heteroatoms. The van der Waals surface area contributed by atoms with E-state index in [-0.39, 0.29) is 23.4 Å². The second-order valence-corrected chi connectivity index (χ2v) is 8.38. The molecule has 0 amide bonds. The van der Waals surface area contributed by atoms with Crippen molar-refractivity contribution < 1.29 is 24.1 Å². The van der Waals surface area contributed by atoms with Gasteiger partial charge in [-0.3, -0.25) is 0 Å². The summed E-state index contributed by atoms with van der Waals surface area (Å²) in [6, 6.07) is 4.34. The van der Waals surface area contributed by atoms with Gasteiger partial charge in [0.15, 0.2) is 11.5 Å². The van der Waals surface area contributed by atoms with Gasteiger partial charge in [0, 0.05) is 30.0 Å². The van der Waals surface area contributed by atoms with E-state index in [2.05, 4.69) is 30.2 Å². The van der Waals surface area contributed by atoms with Crippen LogP contribution in [-0.4, -0.2) is 75.4 Å². The first kappa shape index (κ1) is 18.4. The zero-order valence-corrected chi connectivity index (χ0v) is 16.6. The van der Waals surface area contributed by atoms with Crippen LogP contribution in [0.4, 0.5) is 0 Å². The van der Waals surface area contributed by atoms with Crippen molar-refractivity contribution in [2.75, 3.05) is 47.1 Å². The molecule has 1 spiro atoms. The third-order valence-corrected chi connectivity index (χ3v) is 7.10. The number of piperidine rings is 1. The fourth-order valence-corrected chi connectivity index (χ4v) is 5.85. The summed E-state index contributed by atoms with van der Waals surface area (Å²) in [7, 11) is 3.89. The van der Waals surface area contributed by atoms with Crippen LogP contribution in [0.5, 0.6) is 11.5 Å². The number of hydrogen-bond acceptors (Lipinski definition) is 6. The van der Waals surface area contributed by atoms with Gasteiger partial charge in [0.25, 0.3) is 0 Å². The molecule has 0 radical (unpaired) electrons. The van der Waals surface area contributed by atoms with E-state index >= 15 is 0 Å². The Balaban J connectivity index is 1.43. The average Bonchev–Trinajstić information content (AvgIpc) is 3.05. The third-order valence-electron chi connectivity index (χ3n) is 7.10. The SMILES string of the molecule is COCCOCCO[C@H]1C=CC2C3Cc4ccc(O)c5c4[C@@]2(CCN3C)[C@H]1O5. The number of hydrogen-bond donors (Lipinski definition) is 1. The third kappa shape index (κ3) is 2.55. The van der Waals surface area contributed by atoms with Gasteiger partial charge in [-0.15, -0.1) is 0 Å². The second kappa shape index (κ2) is 7.02. The Morgan fingerprint density at radius 3 is 2.93 bits per heavy atom.